The van der Waals surface area contributed by atoms with Crippen molar-refractivity contribution in [2.45, 2.75) is 39.3 Å². The van der Waals surface area contributed by atoms with Crippen molar-refractivity contribution in [2.24, 2.45) is 5.41 Å². The largest absolute Gasteiger partial charge is 0.381 e. The summed E-state index contributed by atoms with van der Waals surface area (Å²) in [5, 5.41) is 3.63. The third-order valence-corrected chi connectivity index (χ3v) is 4.20. The lowest BCUT2D eigenvalue weighted by molar-refractivity contribution is -0.00262. The first-order valence-corrected chi connectivity index (χ1v) is 7.99. The number of ether oxygens (including phenoxy) is 1. The van der Waals surface area contributed by atoms with Gasteiger partial charge in [0.1, 0.15) is 0 Å². The zero-order valence-corrected chi connectivity index (χ0v) is 13.6. The van der Waals surface area contributed by atoms with Gasteiger partial charge in [0.15, 0.2) is 0 Å². The summed E-state index contributed by atoms with van der Waals surface area (Å²) in [5.74, 6) is 0. The van der Waals surface area contributed by atoms with Crippen LogP contribution in [0.3, 0.4) is 0 Å². The fraction of sp³-hybridized carbons (Fsp3) is 0.706. The maximum atomic E-state index is 5.57. The Morgan fingerprint density at radius 3 is 2.71 bits per heavy atom. The molecule has 0 aromatic carbocycles. The minimum absolute atomic E-state index is 0.325. The van der Waals surface area contributed by atoms with E-state index in [0.29, 0.717) is 11.5 Å². The van der Waals surface area contributed by atoms with Gasteiger partial charge < -0.3 is 10.1 Å². The number of hydrogen-bond donors (Lipinski definition) is 1. The molecule has 21 heavy (non-hydrogen) atoms. The molecular formula is C17H29N3O. The third kappa shape index (κ3) is 5.38. The Labute approximate surface area is 128 Å². The van der Waals surface area contributed by atoms with E-state index < -0.39 is 0 Å². The van der Waals surface area contributed by atoms with Crippen molar-refractivity contribution in [2.75, 3.05) is 33.4 Å². The molecule has 0 radical (unpaired) electrons. The van der Waals surface area contributed by atoms with E-state index in [4.69, 9.17) is 4.74 Å². The molecule has 1 N–H and O–H groups in total. The summed E-state index contributed by atoms with van der Waals surface area (Å²) < 4.78 is 5.57. The molecule has 1 aromatic rings. The van der Waals surface area contributed by atoms with Crippen LogP contribution in [0.5, 0.6) is 0 Å². The summed E-state index contributed by atoms with van der Waals surface area (Å²) in [5.41, 5.74) is 1.46. The molecule has 2 rings (SSSR count). The number of aromatic nitrogens is 1. The second kappa shape index (κ2) is 7.87. The second-order valence-electron chi connectivity index (χ2n) is 6.64. The summed E-state index contributed by atoms with van der Waals surface area (Å²) >= 11 is 0. The molecule has 1 aliphatic rings. The monoisotopic (exact) mass is 291 g/mol. The zero-order valence-electron chi connectivity index (χ0n) is 13.6. The molecule has 4 heteroatoms. The van der Waals surface area contributed by atoms with Crippen molar-refractivity contribution in [3.8, 4) is 0 Å². The minimum Gasteiger partial charge on any atom is -0.381 e. The minimum atomic E-state index is 0.325. The van der Waals surface area contributed by atoms with Crippen molar-refractivity contribution >= 4 is 0 Å². The first-order valence-electron chi connectivity index (χ1n) is 7.99. The first-order chi connectivity index (χ1) is 10.1. The van der Waals surface area contributed by atoms with Crippen molar-refractivity contribution in [1.29, 1.82) is 0 Å². The molecule has 1 aliphatic heterocycles. The Bertz CT molecular complexity index is 402. The fourth-order valence-corrected chi connectivity index (χ4v) is 3.01. The van der Waals surface area contributed by atoms with Gasteiger partial charge in [-0.1, -0.05) is 19.9 Å². The number of nitrogens with zero attached hydrogens (tertiary/aromatic N) is 2. The molecule has 1 saturated heterocycles. The van der Waals surface area contributed by atoms with Crippen molar-refractivity contribution in [1.82, 2.24) is 15.2 Å². The van der Waals surface area contributed by atoms with Gasteiger partial charge in [-0.05, 0) is 37.4 Å². The molecule has 0 aliphatic carbocycles. The average Bonchev–Trinajstić information content (AvgIpc) is 2.47. The van der Waals surface area contributed by atoms with Crippen molar-refractivity contribution < 1.29 is 4.74 Å². The maximum Gasteiger partial charge on any atom is 0.0543 e. The van der Waals surface area contributed by atoms with Crippen LogP contribution in [0.2, 0.25) is 0 Å². The average molecular weight is 291 g/mol. The molecule has 118 valence electrons. The Balaban J connectivity index is 1.93. The van der Waals surface area contributed by atoms with Gasteiger partial charge in [0, 0.05) is 45.1 Å². The van der Waals surface area contributed by atoms with E-state index in [9.17, 15) is 0 Å². The van der Waals surface area contributed by atoms with Crippen LogP contribution in [0.1, 0.15) is 32.4 Å². The van der Waals surface area contributed by atoms with Gasteiger partial charge in [-0.25, -0.2) is 0 Å². The summed E-state index contributed by atoms with van der Waals surface area (Å²) in [6.07, 6.45) is 4.15. The molecule has 0 bridgehead atoms. The van der Waals surface area contributed by atoms with Gasteiger partial charge in [0.05, 0.1) is 5.69 Å². The second-order valence-corrected chi connectivity index (χ2v) is 6.64. The molecule has 1 aromatic heterocycles. The molecular weight excluding hydrogens is 262 g/mol. The Morgan fingerprint density at radius 1 is 1.33 bits per heavy atom. The van der Waals surface area contributed by atoms with E-state index in [1.54, 1.807) is 0 Å². The summed E-state index contributed by atoms with van der Waals surface area (Å²) in [6.45, 7) is 9.27. The lowest BCUT2D eigenvalue weighted by Gasteiger charge is -2.40. The van der Waals surface area contributed by atoms with Crippen LogP contribution in [-0.2, 0) is 11.3 Å². The van der Waals surface area contributed by atoms with E-state index in [0.717, 1.165) is 51.4 Å². The van der Waals surface area contributed by atoms with Crippen LogP contribution in [0.15, 0.2) is 24.4 Å². The van der Waals surface area contributed by atoms with E-state index >= 15 is 0 Å². The molecule has 0 atom stereocenters. The topological polar surface area (TPSA) is 37.4 Å². The van der Waals surface area contributed by atoms with Crippen LogP contribution in [0, 0.1) is 5.41 Å². The van der Waals surface area contributed by atoms with Crippen molar-refractivity contribution in [3.63, 3.8) is 0 Å². The molecule has 4 nitrogen and oxygen atoms in total. The summed E-state index contributed by atoms with van der Waals surface area (Å²) in [7, 11) is 2.20. The zero-order chi connectivity index (χ0) is 15.1. The summed E-state index contributed by atoms with van der Waals surface area (Å²) in [6, 6.07) is 6.65. The molecule has 0 spiro atoms. The Kier molecular flexibility index (Phi) is 6.15. The number of pyridine rings is 1. The third-order valence-electron chi connectivity index (χ3n) is 4.20. The Hall–Kier alpha value is -0.970. The highest BCUT2D eigenvalue weighted by molar-refractivity contribution is 5.03. The molecule has 2 heterocycles. The predicted molar refractivity (Wildman–Crippen MR) is 86.2 cm³/mol. The van der Waals surface area contributed by atoms with Gasteiger partial charge >= 0.3 is 0 Å². The molecule has 1 fully saturated rings. The molecule has 0 unspecified atom stereocenters. The molecule has 0 amide bonds. The Morgan fingerprint density at radius 2 is 2.10 bits per heavy atom. The van der Waals surface area contributed by atoms with Gasteiger partial charge in [-0.15, -0.1) is 0 Å². The fourth-order valence-electron chi connectivity index (χ4n) is 3.01. The van der Waals surface area contributed by atoms with Gasteiger partial charge in [-0.3, -0.25) is 9.88 Å². The standard InChI is InChI=1S/C17H29N3O/c1-15(2)19-13-17(7-10-21-11-8-17)14-20(3)12-16-6-4-5-9-18-16/h4-6,9,15,19H,7-8,10-14H2,1-3H3. The molecule has 0 saturated carbocycles. The highest BCUT2D eigenvalue weighted by atomic mass is 16.5. The smallest absolute Gasteiger partial charge is 0.0543 e. The lowest BCUT2D eigenvalue weighted by atomic mass is 9.79. The SMILES string of the molecule is CC(C)NCC1(CN(C)Cc2ccccn2)CCOCC1. The van der Waals surface area contributed by atoms with Gasteiger partial charge in [0.25, 0.3) is 0 Å². The van der Waals surface area contributed by atoms with E-state index in [-0.39, 0.29) is 0 Å². The lowest BCUT2D eigenvalue weighted by Crippen LogP contribution is -2.47. The predicted octanol–water partition coefficient (Wildman–Crippen LogP) is 2.31. The van der Waals surface area contributed by atoms with E-state index in [1.807, 2.05) is 12.3 Å². The van der Waals surface area contributed by atoms with Gasteiger partial charge in [-0.2, -0.15) is 0 Å². The number of rotatable bonds is 7. The van der Waals surface area contributed by atoms with Crippen molar-refractivity contribution in [3.05, 3.63) is 30.1 Å². The highest BCUT2D eigenvalue weighted by Gasteiger charge is 2.33. The normalized spacial score (nSPS) is 18.3. The van der Waals surface area contributed by atoms with Crippen LogP contribution in [0.4, 0.5) is 0 Å². The highest BCUT2D eigenvalue weighted by Crippen LogP contribution is 2.31. The van der Waals surface area contributed by atoms with Gasteiger partial charge in [0.2, 0.25) is 0 Å². The number of nitrogens with one attached hydrogen (secondary N) is 1. The van der Waals surface area contributed by atoms with Crippen LogP contribution in [-0.4, -0.2) is 49.3 Å². The first kappa shape index (κ1) is 16.4. The van der Waals surface area contributed by atoms with E-state index in [2.05, 4.69) is 48.2 Å². The quantitative estimate of drug-likeness (QED) is 0.836. The maximum absolute atomic E-state index is 5.57. The number of hydrogen-bond acceptors (Lipinski definition) is 4. The van der Waals surface area contributed by atoms with Crippen LogP contribution >= 0.6 is 0 Å². The van der Waals surface area contributed by atoms with E-state index in [1.165, 1.54) is 0 Å². The van der Waals surface area contributed by atoms with Crippen LogP contribution in [0.25, 0.3) is 0 Å². The van der Waals surface area contributed by atoms with Crippen LogP contribution < -0.4 is 5.32 Å². The summed E-state index contributed by atoms with van der Waals surface area (Å²) in [4.78, 5) is 6.83.